The highest BCUT2D eigenvalue weighted by molar-refractivity contribution is 7.26. The van der Waals surface area contributed by atoms with Gasteiger partial charge < -0.3 is 36.2 Å². The zero-order valence-electron chi connectivity index (χ0n) is 12.6. The van der Waals surface area contributed by atoms with E-state index in [1.165, 1.54) is 0 Å². The molecule has 0 aromatic carbocycles. The topological polar surface area (TPSA) is 73.8 Å². The lowest BCUT2D eigenvalue weighted by Gasteiger charge is -2.31. The predicted octanol–water partition coefficient (Wildman–Crippen LogP) is 5.20. The van der Waals surface area contributed by atoms with Crippen molar-refractivity contribution >= 4 is 36.1 Å². The molecule has 4 atom stereocenters. The van der Waals surface area contributed by atoms with Crippen molar-refractivity contribution < 1.29 is 36.2 Å². The zero-order chi connectivity index (χ0) is 15.8. The molecule has 0 aliphatic carbocycles. The molecule has 160 valence electrons. The van der Waals surface area contributed by atoms with Crippen LogP contribution in [-0.2, 0) is 36.2 Å². The van der Waals surface area contributed by atoms with Gasteiger partial charge in [0.2, 0.25) is 0 Å². The summed E-state index contributed by atoms with van der Waals surface area (Å²) >= 11 is 0. The van der Waals surface area contributed by atoms with Crippen molar-refractivity contribution in [2.75, 3.05) is 54.9 Å². The third-order valence-electron chi connectivity index (χ3n) is 2.08. The Bertz CT molecular complexity index is 185. The molecule has 0 aliphatic rings. The summed E-state index contributed by atoms with van der Waals surface area (Å²) in [7, 11) is 6.12. The van der Waals surface area contributed by atoms with Crippen molar-refractivity contribution in [2.45, 2.75) is 29.7 Å². The summed E-state index contributed by atoms with van der Waals surface area (Å²) in [5.41, 5.74) is -0.478. The second-order valence-corrected chi connectivity index (χ2v) is 7.26. The van der Waals surface area contributed by atoms with Crippen molar-refractivity contribution in [1.82, 2.24) is 0 Å². The van der Waals surface area contributed by atoms with Crippen molar-refractivity contribution in [3.8, 4) is 0 Å². The first-order valence-electron chi connectivity index (χ1n) is 5.83. The van der Waals surface area contributed by atoms with Crippen LogP contribution < -0.4 is 0 Å². The van der Waals surface area contributed by atoms with Crippen LogP contribution in [0.1, 0.15) is 29.7 Å². The molecular formula is C13H40O8P4. The molecule has 0 rings (SSSR count). The molecule has 0 saturated heterocycles. The van der Waals surface area contributed by atoms with Crippen LogP contribution in [0, 0.1) is 5.41 Å². The van der Waals surface area contributed by atoms with Crippen LogP contribution in [0.2, 0.25) is 0 Å². The summed E-state index contributed by atoms with van der Waals surface area (Å²) in [5.74, 6) is 0. The average Bonchev–Trinajstić information content (AvgIpc) is 2.48. The first kappa shape index (κ1) is 37.2. The second kappa shape index (κ2) is 27.6. The predicted molar refractivity (Wildman–Crippen MR) is 114 cm³/mol. The van der Waals surface area contributed by atoms with E-state index in [1.54, 1.807) is 28.4 Å². The summed E-state index contributed by atoms with van der Waals surface area (Å²) in [6.45, 7) is 1.48. The van der Waals surface area contributed by atoms with E-state index in [9.17, 15) is 0 Å². The van der Waals surface area contributed by atoms with Crippen LogP contribution in [-0.4, -0.2) is 54.9 Å². The lowest BCUT2D eigenvalue weighted by atomic mass is 9.93. The molecule has 0 aliphatic heterocycles. The van der Waals surface area contributed by atoms with Gasteiger partial charge in [-0.2, -0.15) is 0 Å². The first-order chi connectivity index (χ1) is 10.2. The van der Waals surface area contributed by atoms with Gasteiger partial charge in [-0.1, -0.05) is 29.7 Å². The maximum atomic E-state index is 5.49. The van der Waals surface area contributed by atoms with Gasteiger partial charge in [0.15, 0.2) is 36.1 Å². The van der Waals surface area contributed by atoms with E-state index < -0.39 is 5.41 Å². The van der Waals surface area contributed by atoms with Gasteiger partial charge in [0.1, 0.15) is 0 Å². The number of hydrogen-bond donors (Lipinski definition) is 0. The molecule has 0 amide bonds. The quantitative estimate of drug-likeness (QED) is 0.236. The lowest BCUT2D eigenvalue weighted by molar-refractivity contribution is 0.00237. The van der Waals surface area contributed by atoms with E-state index >= 15 is 0 Å². The van der Waals surface area contributed by atoms with Crippen LogP contribution in [0.25, 0.3) is 0 Å². The molecule has 0 aromatic heterocycles. The molecule has 0 bridgehead atoms. The van der Waals surface area contributed by atoms with E-state index in [1.807, 2.05) is 0 Å². The van der Waals surface area contributed by atoms with E-state index in [0.717, 1.165) is 0 Å². The van der Waals surface area contributed by atoms with Gasteiger partial charge in [-0.25, -0.2) is 0 Å². The molecule has 12 heteroatoms. The van der Waals surface area contributed by atoms with Crippen LogP contribution in [0.5, 0.6) is 0 Å². The zero-order valence-corrected chi connectivity index (χ0v) is 16.6. The van der Waals surface area contributed by atoms with Gasteiger partial charge in [0.05, 0.1) is 31.8 Å². The molecule has 0 aromatic rings. The van der Waals surface area contributed by atoms with Gasteiger partial charge >= 0.3 is 0 Å². The highest BCUT2D eigenvalue weighted by atomic mass is 31.1. The second-order valence-electron chi connectivity index (χ2n) is 3.80. The highest BCUT2D eigenvalue weighted by Crippen LogP contribution is 2.32. The Balaban J connectivity index is -0.000000333. The lowest BCUT2D eigenvalue weighted by Crippen LogP contribution is -2.39. The molecular weight excluding hydrogens is 408 g/mol. The highest BCUT2D eigenvalue weighted by Gasteiger charge is 2.33. The van der Waals surface area contributed by atoms with E-state index in [4.69, 9.17) is 36.2 Å². The molecule has 0 N–H and O–H groups in total. The van der Waals surface area contributed by atoms with Crippen LogP contribution >= 0.6 is 36.1 Å². The number of hydrogen-bond acceptors (Lipinski definition) is 8. The van der Waals surface area contributed by atoms with Crippen molar-refractivity contribution in [2.24, 2.45) is 5.41 Å². The summed E-state index contributed by atoms with van der Waals surface area (Å²) in [6.07, 6.45) is 0. The van der Waals surface area contributed by atoms with Crippen molar-refractivity contribution in [3.05, 3.63) is 0 Å². The molecule has 4 unspecified atom stereocenters. The third-order valence-corrected chi connectivity index (χ3v) is 3.80. The molecule has 0 fully saturated rings. The first-order valence-corrected chi connectivity index (χ1v) is 9.10. The summed E-state index contributed by atoms with van der Waals surface area (Å²) < 4.78 is 41.7. The Morgan fingerprint density at radius 1 is 0.480 bits per heavy atom. The van der Waals surface area contributed by atoms with Crippen LogP contribution in [0.4, 0.5) is 0 Å². The minimum absolute atomic E-state index is 0. The Morgan fingerprint density at radius 2 is 0.680 bits per heavy atom. The third kappa shape index (κ3) is 21.6. The molecule has 0 saturated carbocycles. The largest absolute Gasteiger partial charge is 0.340 e. The maximum Gasteiger partial charge on any atom is 0.154 e. The van der Waals surface area contributed by atoms with Gasteiger partial charge in [0.25, 0.3) is 0 Å². The van der Waals surface area contributed by atoms with Gasteiger partial charge in [0, 0.05) is 28.4 Å². The normalized spacial score (nSPS) is 13.9. The van der Waals surface area contributed by atoms with Crippen molar-refractivity contribution in [3.63, 3.8) is 0 Å². The Hall–Kier alpha value is 1.40. The fourth-order valence-electron chi connectivity index (χ4n) is 1.22. The molecule has 0 heterocycles. The Labute approximate surface area is 162 Å². The smallest absolute Gasteiger partial charge is 0.154 e. The SMILES string of the molecule is C.C.C.C.COPOCC(COPOC)(COPOC)COPOC. The van der Waals surface area contributed by atoms with Gasteiger partial charge in [-0.15, -0.1) is 0 Å². The summed E-state index contributed by atoms with van der Waals surface area (Å²) in [4.78, 5) is 0. The average molecular weight is 448 g/mol. The fourth-order valence-corrected chi connectivity index (χ4v) is 3.15. The van der Waals surface area contributed by atoms with Crippen LogP contribution in [0.15, 0.2) is 0 Å². The fraction of sp³-hybridized carbons (Fsp3) is 1.00. The van der Waals surface area contributed by atoms with E-state index in [-0.39, 0.29) is 65.8 Å². The van der Waals surface area contributed by atoms with Crippen LogP contribution in [0.3, 0.4) is 0 Å². The molecule has 25 heavy (non-hydrogen) atoms. The summed E-state index contributed by atoms with van der Waals surface area (Å²) in [5, 5.41) is 0. The van der Waals surface area contributed by atoms with Gasteiger partial charge in [-0.05, 0) is 0 Å². The Morgan fingerprint density at radius 3 is 0.840 bits per heavy atom. The minimum atomic E-state index is -0.478. The van der Waals surface area contributed by atoms with E-state index in [2.05, 4.69) is 0 Å². The maximum absolute atomic E-state index is 5.49. The number of rotatable bonds is 16. The standard InChI is InChI=1S/C9H24O8P4.4CH4/c1-10-18-14-5-9(6-15-19-11-2,7-16-20-12-3)8-17-21-13-4;;;;/h18-21H,5-8H2,1-4H3;4*1H4. The molecule has 8 nitrogen and oxygen atoms in total. The molecule has 0 radical (unpaired) electrons. The minimum Gasteiger partial charge on any atom is -0.340 e. The van der Waals surface area contributed by atoms with Gasteiger partial charge in [-0.3, -0.25) is 0 Å². The Kier molecular flexibility index (Phi) is 41.1. The monoisotopic (exact) mass is 448 g/mol. The van der Waals surface area contributed by atoms with E-state index in [0.29, 0.717) is 26.4 Å². The van der Waals surface area contributed by atoms with Crippen molar-refractivity contribution in [1.29, 1.82) is 0 Å². The molecule has 0 spiro atoms. The summed E-state index contributed by atoms with van der Waals surface area (Å²) in [6, 6.07) is 0.